The number of nitrogens with two attached hydrogens (primary N) is 1. The second kappa shape index (κ2) is 8.75. The number of aryl methyl sites for hydroxylation is 1. The lowest BCUT2D eigenvalue weighted by Gasteiger charge is -2.35. The van der Waals surface area contributed by atoms with Gasteiger partial charge in [0.1, 0.15) is 11.9 Å². The lowest BCUT2D eigenvalue weighted by Crippen LogP contribution is -2.61. The Kier molecular flexibility index (Phi) is 6.42. The van der Waals surface area contributed by atoms with E-state index in [1.165, 1.54) is 0 Å². The number of urea groups is 1. The lowest BCUT2D eigenvalue weighted by molar-refractivity contribution is -0.157. The monoisotopic (exact) mass is 371 g/mol. The number of β-lactam (4-membered cyclic amide) rings is 1. The van der Waals surface area contributed by atoms with Crippen LogP contribution in [0.1, 0.15) is 30.6 Å². The largest absolute Gasteiger partial charge is 0.480 e. The van der Waals surface area contributed by atoms with E-state index < -0.39 is 30.0 Å². The van der Waals surface area contributed by atoms with Crippen LogP contribution in [0.3, 0.4) is 0 Å². The minimum absolute atomic E-state index is 0.138. The van der Waals surface area contributed by atoms with E-state index in [-0.39, 0.29) is 6.42 Å². The maximum absolute atomic E-state index is 11.8. The van der Waals surface area contributed by atoms with E-state index in [1.54, 1.807) is 37.5 Å². The van der Waals surface area contributed by atoms with Crippen LogP contribution in [0.15, 0.2) is 42.7 Å². The van der Waals surface area contributed by atoms with Gasteiger partial charge in [0.15, 0.2) is 0 Å². The van der Waals surface area contributed by atoms with Crippen LogP contribution in [0.4, 0.5) is 10.6 Å². The highest BCUT2D eigenvalue weighted by Crippen LogP contribution is 2.20. The first-order valence-electron chi connectivity index (χ1n) is 8.24. The molecule has 0 radical (unpaired) electrons. The zero-order chi connectivity index (χ0) is 20.0. The number of hydrogen-bond donors (Lipinski definition) is 3. The zero-order valence-corrected chi connectivity index (χ0v) is 15.0. The lowest BCUT2D eigenvalue weighted by atomic mass is 10.0. The second-order valence-corrected chi connectivity index (χ2v) is 6.01. The summed E-state index contributed by atoms with van der Waals surface area (Å²) in [5.41, 5.74) is 7.13. The fourth-order valence-corrected chi connectivity index (χ4v) is 2.39. The van der Waals surface area contributed by atoms with Crippen LogP contribution in [-0.4, -0.2) is 43.9 Å². The quantitative estimate of drug-likeness (QED) is 0.695. The van der Waals surface area contributed by atoms with E-state index in [1.807, 2.05) is 19.1 Å². The molecule has 9 heteroatoms. The Morgan fingerprint density at radius 1 is 1.30 bits per heavy atom. The molecule has 3 rings (SSSR count). The van der Waals surface area contributed by atoms with Gasteiger partial charge in [-0.3, -0.25) is 9.78 Å². The number of hydrogen-bond acceptors (Lipinski definition) is 6. The van der Waals surface area contributed by atoms with Crippen molar-refractivity contribution in [1.82, 2.24) is 20.2 Å². The van der Waals surface area contributed by atoms with Gasteiger partial charge < -0.3 is 16.2 Å². The molecule has 1 fully saturated rings. The number of likely N-dealkylation sites (tertiary alicyclic amines) is 1. The summed E-state index contributed by atoms with van der Waals surface area (Å²) in [6.45, 7) is 3.69. The molecule has 9 nitrogen and oxygen atoms in total. The number of aromatic nitrogens is 2. The van der Waals surface area contributed by atoms with Crippen LogP contribution < -0.4 is 11.1 Å². The molecule has 2 aromatic heterocycles. The van der Waals surface area contributed by atoms with Gasteiger partial charge in [-0.15, -0.1) is 0 Å². The fourth-order valence-electron chi connectivity index (χ4n) is 2.39. The molecule has 1 saturated heterocycles. The third-order valence-corrected chi connectivity index (χ3v) is 3.86. The van der Waals surface area contributed by atoms with Crippen LogP contribution in [0, 0.1) is 6.92 Å². The molecule has 3 heterocycles. The molecular weight excluding hydrogens is 350 g/mol. The first-order valence-corrected chi connectivity index (χ1v) is 8.24. The molecule has 2 atom stereocenters. The van der Waals surface area contributed by atoms with Crippen molar-refractivity contribution < 1.29 is 19.5 Å². The van der Waals surface area contributed by atoms with E-state index in [0.29, 0.717) is 11.5 Å². The third-order valence-electron chi connectivity index (χ3n) is 3.86. The molecule has 0 spiro atoms. The van der Waals surface area contributed by atoms with Crippen molar-refractivity contribution >= 4 is 23.7 Å². The highest BCUT2D eigenvalue weighted by molar-refractivity contribution is 6.05. The third kappa shape index (κ3) is 5.24. The van der Waals surface area contributed by atoms with Gasteiger partial charge in [0.2, 0.25) is 5.91 Å². The number of nitrogen functional groups attached to an aromatic ring is 1. The summed E-state index contributed by atoms with van der Waals surface area (Å²) in [4.78, 5) is 42.6. The Morgan fingerprint density at radius 3 is 2.52 bits per heavy atom. The van der Waals surface area contributed by atoms with Crippen molar-refractivity contribution in [2.24, 2.45) is 0 Å². The minimum Gasteiger partial charge on any atom is -0.480 e. The van der Waals surface area contributed by atoms with E-state index >= 15 is 0 Å². The van der Waals surface area contributed by atoms with Crippen molar-refractivity contribution in [2.75, 3.05) is 5.73 Å². The molecule has 142 valence electrons. The zero-order valence-electron chi connectivity index (χ0n) is 15.0. The summed E-state index contributed by atoms with van der Waals surface area (Å²) in [6.07, 6.45) is 3.15. The molecule has 2 aromatic rings. The summed E-state index contributed by atoms with van der Waals surface area (Å²) in [6, 6.07) is 6.83. The first kappa shape index (κ1) is 19.8. The number of carboxylic acids is 1. The number of nitrogens with zero attached hydrogens (tertiary/aromatic N) is 3. The van der Waals surface area contributed by atoms with Crippen LogP contribution in [0.25, 0.3) is 0 Å². The molecule has 1 aliphatic heterocycles. The smallest absolute Gasteiger partial charge is 0.327 e. The average molecular weight is 371 g/mol. The molecule has 0 saturated carbocycles. The molecule has 3 amide bonds. The van der Waals surface area contributed by atoms with Gasteiger partial charge in [-0.25, -0.2) is 19.5 Å². The van der Waals surface area contributed by atoms with Gasteiger partial charge in [-0.05, 0) is 43.7 Å². The Bertz CT molecular complexity index is 810. The number of carbonyl (C=O) groups excluding carboxylic acids is 2. The summed E-state index contributed by atoms with van der Waals surface area (Å²) in [5, 5.41) is 11.4. The molecule has 27 heavy (non-hydrogen) atoms. The first-order chi connectivity index (χ1) is 12.8. The highest BCUT2D eigenvalue weighted by atomic mass is 16.4. The van der Waals surface area contributed by atoms with Gasteiger partial charge in [-0.1, -0.05) is 6.07 Å². The topological polar surface area (TPSA) is 139 Å². The number of pyridine rings is 2. The predicted octanol–water partition coefficient (Wildman–Crippen LogP) is 1.51. The van der Waals surface area contributed by atoms with Crippen molar-refractivity contribution in [3.05, 3.63) is 54.0 Å². The van der Waals surface area contributed by atoms with E-state index in [0.717, 1.165) is 10.5 Å². The van der Waals surface area contributed by atoms with Crippen LogP contribution >= 0.6 is 0 Å². The van der Waals surface area contributed by atoms with Crippen molar-refractivity contribution in [3.63, 3.8) is 0 Å². The van der Waals surface area contributed by atoms with Gasteiger partial charge in [0, 0.05) is 12.4 Å². The molecular formula is C18H21N5O4. The normalized spacial score (nSPS) is 16.4. The Labute approximate surface area is 156 Å². The molecule has 0 aliphatic carbocycles. The van der Waals surface area contributed by atoms with Crippen LogP contribution in [0.2, 0.25) is 0 Å². The SMILES string of the molecule is CC(NC(=O)N1C(=O)CC1C(=O)O)c1ccccn1.Cc1ccnc(N)c1. The van der Waals surface area contributed by atoms with Crippen molar-refractivity contribution in [2.45, 2.75) is 32.4 Å². The number of anilines is 1. The van der Waals surface area contributed by atoms with Gasteiger partial charge in [-0.2, -0.15) is 0 Å². The second-order valence-electron chi connectivity index (χ2n) is 6.01. The summed E-state index contributed by atoms with van der Waals surface area (Å²) in [5.74, 6) is -1.08. The summed E-state index contributed by atoms with van der Waals surface area (Å²) in [7, 11) is 0. The number of nitrogens with one attached hydrogen (secondary N) is 1. The number of carbonyl (C=O) groups is 3. The Morgan fingerprint density at radius 2 is 2.04 bits per heavy atom. The molecule has 1 aliphatic rings. The predicted molar refractivity (Wildman–Crippen MR) is 97.5 cm³/mol. The van der Waals surface area contributed by atoms with E-state index in [4.69, 9.17) is 10.8 Å². The number of amides is 3. The number of carboxylic acid groups (broad SMARTS) is 1. The molecule has 0 aromatic carbocycles. The molecule has 4 N–H and O–H groups in total. The van der Waals surface area contributed by atoms with Crippen LogP contribution in [0.5, 0.6) is 0 Å². The number of aliphatic carboxylic acids is 1. The van der Waals surface area contributed by atoms with Gasteiger partial charge >= 0.3 is 12.0 Å². The number of imide groups is 1. The minimum atomic E-state index is -1.18. The summed E-state index contributed by atoms with van der Waals surface area (Å²) >= 11 is 0. The van der Waals surface area contributed by atoms with Crippen molar-refractivity contribution in [1.29, 1.82) is 0 Å². The molecule has 0 bridgehead atoms. The summed E-state index contributed by atoms with van der Waals surface area (Å²) < 4.78 is 0. The maximum Gasteiger partial charge on any atom is 0.327 e. The van der Waals surface area contributed by atoms with Crippen LogP contribution in [-0.2, 0) is 9.59 Å². The van der Waals surface area contributed by atoms with Gasteiger partial charge in [0.05, 0.1) is 18.2 Å². The number of rotatable bonds is 3. The van der Waals surface area contributed by atoms with Crippen molar-refractivity contribution in [3.8, 4) is 0 Å². The van der Waals surface area contributed by atoms with Gasteiger partial charge in [0.25, 0.3) is 0 Å². The highest BCUT2D eigenvalue weighted by Gasteiger charge is 2.45. The fraction of sp³-hybridized carbons (Fsp3) is 0.278. The van der Waals surface area contributed by atoms with E-state index in [2.05, 4.69) is 15.3 Å². The maximum atomic E-state index is 11.8. The Balaban J connectivity index is 0.000000273. The van der Waals surface area contributed by atoms with E-state index in [9.17, 15) is 14.4 Å². The molecule has 2 unspecified atom stereocenters. The average Bonchev–Trinajstić information content (AvgIpc) is 2.60. The Hall–Kier alpha value is -3.49. The standard InChI is InChI=1S/C12H13N3O4.C6H8N2/c1-7(8-4-2-3-5-13-8)14-12(19)15-9(11(17)18)6-10(15)16;1-5-2-3-8-6(7)4-5/h2-5,7,9H,6H2,1H3,(H,14,19)(H,17,18);2-4H,1H3,(H2,7,8).